The molecule has 0 saturated heterocycles. The highest BCUT2D eigenvalue weighted by Crippen LogP contribution is 2.31. The van der Waals surface area contributed by atoms with Crippen molar-refractivity contribution in [3.05, 3.63) is 90.5 Å². The summed E-state index contributed by atoms with van der Waals surface area (Å²) in [6.45, 7) is 6.98. The summed E-state index contributed by atoms with van der Waals surface area (Å²) in [6, 6.07) is 23.8. The molecule has 6 nitrogen and oxygen atoms in total. The summed E-state index contributed by atoms with van der Waals surface area (Å²) in [6.07, 6.45) is 3.38. The van der Waals surface area contributed by atoms with E-state index in [1.807, 2.05) is 72.8 Å². The first-order valence-corrected chi connectivity index (χ1v) is 13.3. The summed E-state index contributed by atoms with van der Waals surface area (Å²) in [5.74, 6) is 0.219. The summed E-state index contributed by atoms with van der Waals surface area (Å²) < 4.78 is 0. The third-order valence-electron chi connectivity index (χ3n) is 4.38. The van der Waals surface area contributed by atoms with E-state index < -0.39 is 0 Å². The minimum absolute atomic E-state index is 0.166. The largest absolute Gasteiger partial charge is 0.272 e. The Morgan fingerprint density at radius 3 is 1.83 bits per heavy atom. The van der Waals surface area contributed by atoms with Crippen LogP contribution in [0.4, 0.5) is 0 Å². The zero-order valence-electron chi connectivity index (χ0n) is 18.8. The number of hydrogen-bond acceptors (Lipinski definition) is 7. The van der Waals surface area contributed by atoms with Crippen molar-refractivity contribution in [2.45, 2.75) is 19.6 Å². The minimum Gasteiger partial charge on any atom is -0.272 e. The topological polar surface area (TPSA) is 82.9 Å². The Morgan fingerprint density at radius 2 is 1.29 bits per heavy atom. The molecule has 2 amide bonds. The second kappa shape index (κ2) is 14.2. The van der Waals surface area contributed by atoms with E-state index in [9.17, 15) is 9.59 Å². The number of benzene rings is 3. The molecule has 178 valence electrons. The highest BCUT2D eigenvalue weighted by atomic mass is 32.2. The molecule has 0 unspecified atom stereocenters. The number of carbonyl (C=O) groups is 2. The lowest BCUT2D eigenvalue weighted by Gasteiger charge is -2.06. The number of hydrazone groups is 2. The molecule has 3 aromatic rings. The highest BCUT2D eigenvalue weighted by Gasteiger charge is 2.05. The average Bonchev–Trinajstić information content (AvgIpc) is 2.88. The minimum atomic E-state index is -0.179. The summed E-state index contributed by atoms with van der Waals surface area (Å²) in [5.41, 5.74) is 6.76. The van der Waals surface area contributed by atoms with Gasteiger partial charge in [0, 0.05) is 26.3 Å². The second-order valence-corrected chi connectivity index (χ2v) is 10.2. The fourth-order valence-electron chi connectivity index (χ4n) is 2.74. The third kappa shape index (κ3) is 9.48. The maximum absolute atomic E-state index is 12.1. The van der Waals surface area contributed by atoms with Crippen LogP contribution < -0.4 is 10.9 Å². The molecule has 3 aromatic carbocycles. The first-order valence-electron chi connectivity index (χ1n) is 10.5. The predicted molar refractivity (Wildman–Crippen MR) is 148 cm³/mol. The van der Waals surface area contributed by atoms with Crippen molar-refractivity contribution < 1.29 is 9.59 Å². The van der Waals surface area contributed by atoms with Crippen molar-refractivity contribution in [2.75, 3.05) is 11.5 Å². The SMILES string of the molecule is C=Cc1cccc(/C=N\NC(=O)CSc2ccc(Sc3ccc(SCC(=O)NN=C)cc3)cc2)c1. The smallest absolute Gasteiger partial charge is 0.250 e. The molecule has 0 fully saturated rings. The van der Waals surface area contributed by atoms with E-state index in [2.05, 4.69) is 34.4 Å². The van der Waals surface area contributed by atoms with Gasteiger partial charge in [-0.05, 0) is 65.7 Å². The van der Waals surface area contributed by atoms with Crippen molar-refractivity contribution in [3.63, 3.8) is 0 Å². The van der Waals surface area contributed by atoms with Crippen molar-refractivity contribution in [1.29, 1.82) is 0 Å². The first-order chi connectivity index (χ1) is 17.1. The van der Waals surface area contributed by atoms with Gasteiger partial charge >= 0.3 is 0 Å². The second-order valence-electron chi connectivity index (χ2n) is 6.98. The standard InChI is InChI=1S/C26H24N4O2S3/c1-3-19-5-4-6-20(15-19)16-28-30-26(32)18-34-22-9-13-24(14-10-22)35-23-11-7-21(8-12-23)33-17-25(31)29-27-2/h3-16H,1-2,17-18H2,(H,29,31)(H,30,32)/b28-16-. The van der Waals surface area contributed by atoms with Gasteiger partial charge in [0.2, 0.25) is 11.8 Å². The lowest BCUT2D eigenvalue weighted by Crippen LogP contribution is -2.19. The number of nitrogens with one attached hydrogen (secondary N) is 2. The number of nitrogens with zero attached hydrogens (tertiary/aromatic N) is 2. The Bertz CT molecular complexity index is 1200. The Balaban J connectivity index is 1.42. The van der Waals surface area contributed by atoms with Gasteiger partial charge in [0.15, 0.2) is 0 Å². The quantitative estimate of drug-likeness (QED) is 0.186. The molecule has 0 aliphatic rings. The van der Waals surface area contributed by atoms with E-state index in [0.717, 1.165) is 30.7 Å². The van der Waals surface area contributed by atoms with Gasteiger partial charge in [-0.2, -0.15) is 10.2 Å². The van der Waals surface area contributed by atoms with Gasteiger partial charge in [-0.15, -0.1) is 23.5 Å². The van der Waals surface area contributed by atoms with Crippen LogP contribution in [0.2, 0.25) is 0 Å². The van der Waals surface area contributed by atoms with Gasteiger partial charge in [0.25, 0.3) is 0 Å². The van der Waals surface area contributed by atoms with Gasteiger partial charge in [0.1, 0.15) is 0 Å². The average molecular weight is 521 g/mol. The predicted octanol–water partition coefficient (Wildman–Crippen LogP) is 5.55. The highest BCUT2D eigenvalue weighted by molar-refractivity contribution is 8.00. The third-order valence-corrected chi connectivity index (χ3v) is 7.42. The number of hydrogen-bond donors (Lipinski definition) is 2. The van der Waals surface area contributed by atoms with E-state index in [4.69, 9.17) is 0 Å². The monoisotopic (exact) mass is 520 g/mol. The molecule has 0 heterocycles. The number of carbonyl (C=O) groups excluding carboxylic acids is 2. The molecule has 0 spiro atoms. The maximum Gasteiger partial charge on any atom is 0.250 e. The van der Waals surface area contributed by atoms with Crippen molar-refractivity contribution >= 4 is 66.1 Å². The first kappa shape index (κ1) is 26.3. The Morgan fingerprint density at radius 1 is 0.771 bits per heavy atom. The van der Waals surface area contributed by atoms with Crippen molar-refractivity contribution in [3.8, 4) is 0 Å². The molecule has 35 heavy (non-hydrogen) atoms. The van der Waals surface area contributed by atoms with E-state index in [1.165, 1.54) is 23.5 Å². The van der Waals surface area contributed by atoms with E-state index in [1.54, 1.807) is 24.1 Å². The Labute approximate surface area is 217 Å². The van der Waals surface area contributed by atoms with Gasteiger partial charge in [-0.1, -0.05) is 42.6 Å². The molecule has 0 aliphatic carbocycles. The molecule has 0 radical (unpaired) electrons. The molecule has 0 aliphatic heterocycles. The maximum atomic E-state index is 12.1. The van der Waals surface area contributed by atoms with Crippen LogP contribution in [0.25, 0.3) is 6.08 Å². The van der Waals surface area contributed by atoms with E-state index >= 15 is 0 Å². The molecule has 0 saturated carbocycles. The van der Waals surface area contributed by atoms with E-state index in [-0.39, 0.29) is 17.6 Å². The normalized spacial score (nSPS) is 10.6. The van der Waals surface area contributed by atoms with Crippen LogP contribution in [0.3, 0.4) is 0 Å². The van der Waals surface area contributed by atoms with Crippen molar-refractivity contribution in [2.24, 2.45) is 10.2 Å². The molecular weight excluding hydrogens is 497 g/mol. The zero-order valence-corrected chi connectivity index (χ0v) is 21.3. The van der Waals surface area contributed by atoms with Crippen LogP contribution in [0.15, 0.2) is 109 Å². The fourth-order valence-corrected chi connectivity index (χ4v) is 4.94. The Hall–Kier alpha value is -3.27. The number of thioether (sulfide) groups is 2. The zero-order chi connectivity index (χ0) is 24.9. The van der Waals surface area contributed by atoms with Crippen LogP contribution in [0.5, 0.6) is 0 Å². The van der Waals surface area contributed by atoms with Crippen molar-refractivity contribution in [1.82, 2.24) is 10.9 Å². The summed E-state index contributed by atoms with van der Waals surface area (Å²) in [4.78, 5) is 27.7. The molecule has 9 heteroatoms. The molecule has 0 aromatic heterocycles. The van der Waals surface area contributed by atoms with Gasteiger partial charge in [0.05, 0.1) is 17.7 Å². The van der Waals surface area contributed by atoms with Crippen LogP contribution in [-0.2, 0) is 9.59 Å². The van der Waals surface area contributed by atoms with Crippen LogP contribution in [0, 0.1) is 0 Å². The molecule has 0 atom stereocenters. The Kier molecular flexibility index (Phi) is 10.7. The summed E-state index contributed by atoms with van der Waals surface area (Å²) in [7, 11) is 0. The fraction of sp³-hybridized carbons (Fsp3) is 0.0769. The molecular formula is C26H24N4O2S3. The van der Waals surface area contributed by atoms with Crippen LogP contribution >= 0.6 is 35.3 Å². The number of rotatable bonds is 12. The molecule has 3 rings (SSSR count). The van der Waals surface area contributed by atoms with Gasteiger partial charge in [-0.3, -0.25) is 9.59 Å². The van der Waals surface area contributed by atoms with Crippen LogP contribution in [0.1, 0.15) is 11.1 Å². The summed E-state index contributed by atoms with van der Waals surface area (Å²) >= 11 is 4.54. The lowest BCUT2D eigenvalue weighted by atomic mass is 10.1. The van der Waals surface area contributed by atoms with Gasteiger partial charge < -0.3 is 0 Å². The molecule has 2 N–H and O–H groups in total. The number of amides is 2. The lowest BCUT2D eigenvalue weighted by molar-refractivity contribution is -0.119. The van der Waals surface area contributed by atoms with Crippen LogP contribution in [-0.4, -0.2) is 36.3 Å². The molecule has 0 bridgehead atoms. The van der Waals surface area contributed by atoms with Gasteiger partial charge in [-0.25, -0.2) is 10.9 Å². The van der Waals surface area contributed by atoms with E-state index in [0.29, 0.717) is 5.75 Å². The summed E-state index contributed by atoms with van der Waals surface area (Å²) in [5, 5.41) is 7.39.